The zero-order valence-electron chi connectivity index (χ0n) is 9.16. The molecule has 0 spiro atoms. The van der Waals surface area contributed by atoms with Gasteiger partial charge < -0.3 is 9.21 Å². The first kappa shape index (κ1) is 10.1. The minimum atomic E-state index is -0.540. The summed E-state index contributed by atoms with van der Waals surface area (Å²) in [7, 11) is 0. The molecular formula is C12H14O3. The quantitative estimate of drug-likeness (QED) is 0.522. The summed E-state index contributed by atoms with van der Waals surface area (Å²) in [6.45, 7) is 5.66. The number of aldehydes is 1. The average molecular weight is 206 g/mol. The van der Waals surface area contributed by atoms with Gasteiger partial charge in [0.2, 0.25) is 0 Å². The normalized spacial score (nSPS) is 23.7. The summed E-state index contributed by atoms with van der Waals surface area (Å²) >= 11 is 0. The molecule has 0 aliphatic heterocycles. The highest BCUT2D eigenvalue weighted by Gasteiger charge is 2.42. The van der Waals surface area contributed by atoms with Crippen molar-refractivity contribution in [2.75, 3.05) is 0 Å². The average Bonchev–Trinajstić information content (AvgIpc) is 2.45. The number of hydrogen-bond donors (Lipinski definition) is 0. The summed E-state index contributed by atoms with van der Waals surface area (Å²) in [5, 5.41) is 0. The second kappa shape index (κ2) is 3.05. The topological polar surface area (TPSA) is 47.3 Å². The Labute approximate surface area is 88.5 Å². The summed E-state index contributed by atoms with van der Waals surface area (Å²) in [6, 6.07) is 1.73. The number of ketones is 1. The zero-order valence-corrected chi connectivity index (χ0v) is 9.16. The van der Waals surface area contributed by atoms with Crippen molar-refractivity contribution in [1.82, 2.24) is 0 Å². The van der Waals surface area contributed by atoms with E-state index in [1.54, 1.807) is 6.07 Å². The second-order valence-corrected chi connectivity index (χ2v) is 4.84. The van der Waals surface area contributed by atoms with Gasteiger partial charge in [-0.15, -0.1) is 0 Å². The highest BCUT2D eigenvalue weighted by atomic mass is 16.3. The molecule has 15 heavy (non-hydrogen) atoms. The predicted octanol–water partition coefficient (Wildman–Crippen LogP) is 2.17. The molecule has 3 heteroatoms. The summed E-state index contributed by atoms with van der Waals surface area (Å²) in [6.07, 6.45) is 1.40. The monoisotopic (exact) mass is 206 g/mol. The van der Waals surface area contributed by atoms with E-state index in [9.17, 15) is 9.59 Å². The highest BCUT2D eigenvalue weighted by molar-refractivity contribution is 6.07. The van der Waals surface area contributed by atoms with Crippen LogP contribution in [0.5, 0.6) is 0 Å². The van der Waals surface area contributed by atoms with Crippen molar-refractivity contribution in [2.45, 2.75) is 27.2 Å². The van der Waals surface area contributed by atoms with E-state index in [0.717, 1.165) is 17.8 Å². The maximum Gasteiger partial charge on any atom is 0.177 e. The fraction of sp³-hybridized carbons (Fsp3) is 0.500. The molecule has 2 rings (SSSR count). The van der Waals surface area contributed by atoms with Crippen LogP contribution in [0, 0.1) is 18.3 Å². The molecule has 1 aromatic rings. The Morgan fingerprint density at radius 2 is 2.20 bits per heavy atom. The van der Waals surface area contributed by atoms with Crippen LogP contribution in [0.4, 0.5) is 0 Å². The molecule has 1 aromatic heterocycles. The third kappa shape index (κ3) is 1.42. The van der Waals surface area contributed by atoms with E-state index in [1.807, 2.05) is 20.8 Å². The van der Waals surface area contributed by atoms with Crippen molar-refractivity contribution in [3.8, 4) is 0 Å². The molecule has 0 bridgehead atoms. The molecule has 1 heterocycles. The number of hydrogen-bond acceptors (Lipinski definition) is 3. The molecule has 1 atom stereocenters. The Morgan fingerprint density at radius 1 is 1.53 bits per heavy atom. The first-order chi connectivity index (χ1) is 6.95. The van der Waals surface area contributed by atoms with Crippen LogP contribution in [0.3, 0.4) is 0 Å². The van der Waals surface area contributed by atoms with E-state index in [-0.39, 0.29) is 11.2 Å². The number of rotatable bonds is 1. The van der Waals surface area contributed by atoms with Crippen molar-refractivity contribution < 1.29 is 14.0 Å². The van der Waals surface area contributed by atoms with Crippen molar-refractivity contribution in [3.63, 3.8) is 0 Å². The molecule has 1 aliphatic carbocycles. The fourth-order valence-electron chi connectivity index (χ4n) is 2.19. The Bertz CT molecular complexity index is 426. The van der Waals surface area contributed by atoms with E-state index < -0.39 is 5.92 Å². The SMILES string of the molecule is Cc1cc2c(o1)CC(C)(C)C(C=O)C2=O. The van der Waals surface area contributed by atoms with Gasteiger partial charge in [0.1, 0.15) is 17.8 Å². The third-order valence-electron chi connectivity index (χ3n) is 3.07. The van der Waals surface area contributed by atoms with Crippen LogP contribution < -0.4 is 0 Å². The molecule has 0 aromatic carbocycles. The van der Waals surface area contributed by atoms with Crippen molar-refractivity contribution in [1.29, 1.82) is 0 Å². The largest absolute Gasteiger partial charge is 0.466 e. The van der Waals surface area contributed by atoms with Crippen LogP contribution in [-0.2, 0) is 11.2 Å². The van der Waals surface area contributed by atoms with Crippen LogP contribution in [0.1, 0.15) is 35.7 Å². The standard InChI is InChI=1S/C12H14O3/c1-7-4-8-10(15-7)5-12(2,3)9(6-13)11(8)14/h4,6,9H,5H2,1-3H3. The lowest BCUT2D eigenvalue weighted by molar-refractivity contribution is -0.112. The second-order valence-electron chi connectivity index (χ2n) is 4.84. The maximum absolute atomic E-state index is 12.0. The summed E-state index contributed by atoms with van der Waals surface area (Å²) < 4.78 is 5.47. The molecule has 3 nitrogen and oxygen atoms in total. The van der Waals surface area contributed by atoms with Gasteiger partial charge in [-0.1, -0.05) is 13.8 Å². The van der Waals surface area contributed by atoms with Crippen LogP contribution in [0.25, 0.3) is 0 Å². The lowest BCUT2D eigenvalue weighted by Crippen LogP contribution is -2.38. The van der Waals surface area contributed by atoms with Gasteiger partial charge in [0.25, 0.3) is 0 Å². The summed E-state index contributed by atoms with van der Waals surface area (Å²) in [4.78, 5) is 22.9. The van der Waals surface area contributed by atoms with Gasteiger partial charge in [-0.3, -0.25) is 4.79 Å². The lowest BCUT2D eigenvalue weighted by Gasteiger charge is -2.32. The van der Waals surface area contributed by atoms with Crippen LogP contribution in [-0.4, -0.2) is 12.1 Å². The summed E-state index contributed by atoms with van der Waals surface area (Å²) in [5.74, 6) is 0.811. The number of carbonyl (C=O) groups excluding carboxylic acids is 2. The Morgan fingerprint density at radius 3 is 2.80 bits per heavy atom. The van der Waals surface area contributed by atoms with Crippen LogP contribution in [0.2, 0.25) is 0 Å². The van der Waals surface area contributed by atoms with Gasteiger partial charge >= 0.3 is 0 Å². The van der Waals surface area contributed by atoms with Crippen LogP contribution >= 0.6 is 0 Å². The minimum Gasteiger partial charge on any atom is -0.466 e. The maximum atomic E-state index is 12.0. The van der Waals surface area contributed by atoms with E-state index >= 15 is 0 Å². The Kier molecular flexibility index (Phi) is 2.07. The molecule has 0 saturated carbocycles. The Hall–Kier alpha value is -1.38. The highest BCUT2D eigenvalue weighted by Crippen LogP contribution is 2.39. The van der Waals surface area contributed by atoms with E-state index in [4.69, 9.17) is 4.42 Å². The van der Waals surface area contributed by atoms with E-state index in [1.165, 1.54) is 0 Å². The number of aryl methyl sites for hydroxylation is 1. The zero-order chi connectivity index (χ0) is 11.2. The molecule has 80 valence electrons. The number of Topliss-reactive ketones (excluding diaryl/α,β-unsaturated/α-hetero) is 1. The van der Waals surface area contributed by atoms with Crippen molar-refractivity contribution >= 4 is 12.1 Å². The molecule has 0 fully saturated rings. The molecule has 0 N–H and O–H groups in total. The van der Waals surface area contributed by atoms with Gasteiger partial charge in [-0.2, -0.15) is 0 Å². The number of carbonyl (C=O) groups is 2. The first-order valence-corrected chi connectivity index (χ1v) is 5.04. The number of furan rings is 1. The van der Waals surface area contributed by atoms with Crippen molar-refractivity contribution in [2.24, 2.45) is 11.3 Å². The predicted molar refractivity (Wildman–Crippen MR) is 54.8 cm³/mol. The lowest BCUT2D eigenvalue weighted by atomic mass is 9.69. The fourth-order valence-corrected chi connectivity index (χ4v) is 2.19. The van der Waals surface area contributed by atoms with Gasteiger partial charge in [0, 0.05) is 6.42 Å². The molecule has 1 aliphatic rings. The summed E-state index contributed by atoms with van der Waals surface area (Å²) in [5.41, 5.74) is 0.250. The smallest absolute Gasteiger partial charge is 0.177 e. The Balaban J connectivity index is 2.54. The van der Waals surface area contributed by atoms with Gasteiger partial charge in [-0.05, 0) is 18.4 Å². The van der Waals surface area contributed by atoms with Crippen molar-refractivity contribution in [3.05, 3.63) is 23.2 Å². The third-order valence-corrected chi connectivity index (χ3v) is 3.07. The molecule has 1 unspecified atom stereocenters. The first-order valence-electron chi connectivity index (χ1n) is 5.04. The van der Waals surface area contributed by atoms with Gasteiger partial charge in [-0.25, -0.2) is 0 Å². The van der Waals surface area contributed by atoms with E-state index in [2.05, 4.69) is 0 Å². The van der Waals surface area contributed by atoms with Gasteiger partial charge in [0.15, 0.2) is 5.78 Å². The molecule has 0 radical (unpaired) electrons. The minimum absolute atomic E-state index is 0.104. The molecule has 0 saturated heterocycles. The molecular weight excluding hydrogens is 192 g/mol. The number of fused-ring (bicyclic) bond motifs is 1. The molecule has 0 amide bonds. The van der Waals surface area contributed by atoms with E-state index in [0.29, 0.717) is 12.0 Å². The van der Waals surface area contributed by atoms with Gasteiger partial charge in [0.05, 0.1) is 11.5 Å². The van der Waals surface area contributed by atoms with Crippen LogP contribution in [0.15, 0.2) is 10.5 Å².